The van der Waals surface area contributed by atoms with Gasteiger partial charge in [0.2, 0.25) is 0 Å². The van der Waals surface area contributed by atoms with Crippen molar-refractivity contribution in [2.75, 3.05) is 5.32 Å². The Labute approximate surface area is 177 Å². The highest BCUT2D eigenvalue weighted by molar-refractivity contribution is 6.40. The van der Waals surface area contributed by atoms with Crippen LogP contribution in [0.25, 0.3) is 0 Å². The molecule has 0 aliphatic heterocycles. The average Bonchev–Trinajstić information content (AvgIpc) is 2.75. The Morgan fingerprint density at radius 3 is 2.40 bits per heavy atom. The van der Waals surface area contributed by atoms with Crippen LogP contribution >= 0.6 is 0 Å². The fraction of sp³-hybridized carbons (Fsp3) is 0.375. The summed E-state index contributed by atoms with van der Waals surface area (Å²) in [6, 6.07) is 14.5. The Kier molecular flexibility index (Phi) is 7.22. The molecule has 0 aromatic heterocycles. The van der Waals surface area contributed by atoms with Crippen LogP contribution in [-0.2, 0) is 16.1 Å². The van der Waals surface area contributed by atoms with E-state index in [0.717, 1.165) is 36.8 Å². The van der Waals surface area contributed by atoms with Crippen molar-refractivity contribution in [3.05, 3.63) is 65.2 Å². The maximum atomic E-state index is 12.7. The minimum Gasteiger partial charge on any atom is -0.348 e. The monoisotopic (exact) mass is 407 g/mol. The second-order valence-corrected chi connectivity index (χ2v) is 7.95. The molecule has 0 saturated heterocycles. The molecule has 158 valence electrons. The number of hydrogen-bond donors (Lipinski definition) is 3. The number of hydrogen-bond acceptors (Lipinski definition) is 3. The maximum absolute atomic E-state index is 12.7. The zero-order valence-electron chi connectivity index (χ0n) is 17.5. The first-order valence-corrected chi connectivity index (χ1v) is 10.5. The van der Waals surface area contributed by atoms with E-state index in [4.69, 9.17) is 0 Å². The molecule has 0 unspecified atom stereocenters. The minimum absolute atomic E-state index is 0.0182. The van der Waals surface area contributed by atoms with Crippen LogP contribution in [0.15, 0.2) is 48.5 Å². The number of carbonyl (C=O) groups is 3. The molecule has 30 heavy (non-hydrogen) atoms. The zero-order valence-corrected chi connectivity index (χ0v) is 17.5. The van der Waals surface area contributed by atoms with E-state index >= 15 is 0 Å². The molecule has 2 atom stereocenters. The summed E-state index contributed by atoms with van der Waals surface area (Å²) < 4.78 is 0. The first-order valence-electron chi connectivity index (χ1n) is 10.5. The molecule has 6 heteroatoms. The smallest absolute Gasteiger partial charge is 0.313 e. The highest BCUT2D eigenvalue weighted by Gasteiger charge is 2.26. The summed E-state index contributed by atoms with van der Waals surface area (Å²) in [5.41, 5.74) is 2.75. The first-order chi connectivity index (χ1) is 14.5. The van der Waals surface area contributed by atoms with E-state index in [1.807, 2.05) is 31.2 Å². The van der Waals surface area contributed by atoms with Crippen LogP contribution in [0.5, 0.6) is 0 Å². The fourth-order valence-corrected chi connectivity index (χ4v) is 3.81. The van der Waals surface area contributed by atoms with E-state index in [1.165, 1.54) is 0 Å². The van der Waals surface area contributed by atoms with Gasteiger partial charge in [-0.15, -0.1) is 0 Å². The van der Waals surface area contributed by atoms with E-state index in [9.17, 15) is 14.4 Å². The predicted molar refractivity (Wildman–Crippen MR) is 117 cm³/mol. The van der Waals surface area contributed by atoms with Crippen molar-refractivity contribution < 1.29 is 14.4 Å². The third-order valence-corrected chi connectivity index (χ3v) is 5.75. The SMILES string of the molecule is Cc1ccccc1CNC(=O)c1ccccc1NC(=O)C(=O)N[C@@H]1CCCC[C@@H]1C. The molecule has 0 bridgehead atoms. The summed E-state index contributed by atoms with van der Waals surface area (Å²) in [5.74, 6) is -1.37. The third-order valence-electron chi connectivity index (χ3n) is 5.75. The zero-order chi connectivity index (χ0) is 21.5. The van der Waals surface area contributed by atoms with Crippen molar-refractivity contribution in [2.45, 2.75) is 52.1 Å². The number of para-hydroxylation sites is 1. The van der Waals surface area contributed by atoms with E-state index in [2.05, 4.69) is 22.9 Å². The summed E-state index contributed by atoms with van der Waals surface area (Å²) in [6.45, 7) is 4.46. The summed E-state index contributed by atoms with van der Waals surface area (Å²) in [6.07, 6.45) is 4.15. The van der Waals surface area contributed by atoms with Crippen molar-refractivity contribution in [2.24, 2.45) is 5.92 Å². The highest BCUT2D eigenvalue weighted by atomic mass is 16.2. The molecule has 1 aliphatic rings. The maximum Gasteiger partial charge on any atom is 0.313 e. The molecule has 2 aromatic carbocycles. The van der Waals surface area contributed by atoms with E-state index < -0.39 is 11.8 Å². The molecule has 1 saturated carbocycles. The van der Waals surface area contributed by atoms with Gasteiger partial charge in [-0.1, -0.05) is 56.2 Å². The Morgan fingerprint density at radius 2 is 1.63 bits per heavy atom. The molecule has 3 N–H and O–H groups in total. The largest absolute Gasteiger partial charge is 0.348 e. The van der Waals surface area contributed by atoms with Gasteiger partial charge in [0, 0.05) is 12.6 Å². The van der Waals surface area contributed by atoms with E-state index in [1.54, 1.807) is 24.3 Å². The molecular weight excluding hydrogens is 378 g/mol. The van der Waals surface area contributed by atoms with E-state index in [0.29, 0.717) is 23.7 Å². The number of amides is 3. The molecule has 0 heterocycles. The van der Waals surface area contributed by atoms with Crippen LogP contribution in [0.2, 0.25) is 0 Å². The Hall–Kier alpha value is -3.15. The van der Waals surface area contributed by atoms with Gasteiger partial charge in [0.1, 0.15) is 0 Å². The minimum atomic E-state index is -0.757. The van der Waals surface area contributed by atoms with Gasteiger partial charge in [-0.05, 0) is 48.9 Å². The van der Waals surface area contributed by atoms with Crippen molar-refractivity contribution in [3.8, 4) is 0 Å². The van der Waals surface area contributed by atoms with E-state index in [-0.39, 0.29) is 11.9 Å². The molecule has 2 aromatic rings. The predicted octanol–water partition coefficient (Wildman–Crippen LogP) is 3.56. The van der Waals surface area contributed by atoms with Crippen LogP contribution in [0.4, 0.5) is 5.69 Å². The number of nitrogens with one attached hydrogen (secondary N) is 3. The number of anilines is 1. The third kappa shape index (κ3) is 5.47. The molecule has 1 fully saturated rings. The Bertz CT molecular complexity index is 925. The van der Waals surface area contributed by atoms with Gasteiger partial charge >= 0.3 is 11.8 Å². The van der Waals surface area contributed by atoms with Crippen LogP contribution in [-0.4, -0.2) is 23.8 Å². The number of aryl methyl sites for hydroxylation is 1. The topological polar surface area (TPSA) is 87.3 Å². The summed E-state index contributed by atoms with van der Waals surface area (Å²) >= 11 is 0. The second kappa shape index (κ2) is 10.1. The molecule has 1 aliphatic carbocycles. The van der Waals surface area contributed by atoms with Crippen molar-refractivity contribution in [3.63, 3.8) is 0 Å². The van der Waals surface area contributed by atoms with Crippen molar-refractivity contribution in [1.29, 1.82) is 0 Å². The van der Waals surface area contributed by atoms with Gasteiger partial charge in [0.25, 0.3) is 5.91 Å². The standard InChI is InChI=1S/C24H29N3O3/c1-16-9-3-5-11-18(16)15-25-22(28)19-12-6-8-14-21(19)27-24(30)23(29)26-20-13-7-4-10-17(20)2/h3,5-6,8-9,11-12,14,17,20H,4,7,10,13,15H2,1-2H3,(H,25,28)(H,26,29)(H,27,30)/t17-,20+/m0/s1. The molecular formula is C24H29N3O3. The Balaban J connectivity index is 1.62. The van der Waals surface area contributed by atoms with Gasteiger partial charge in [0.15, 0.2) is 0 Å². The summed E-state index contributed by atoms with van der Waals surface area (Å²) in [5, 5.41) is 8.31. The second-order valence-electron chi connectivity index (χ2n) is 7.95. The Morgan fingerprint density at radius 1 is 0.933 bits per heavy atom. The molecule has 0 spiro atoms. The molecule has 0 radical (unpaired) electrons. The molecule has 3 amide bonds. The summed E-state index contributed by atoms with van der Waals surface area (Å²) in [4.78, 5) is 37.5. The lowest BCUT2D eigenvalue weighted by molar-refractivity contribution is -0.137. The van der Waals surface area contributed by atoms with Gasteiger partial charge in [-0.25, -0.2) is 0 Å². The number of rotatable bonds is 5. The van der Waals surface area contributed by atoms with Gasteiger partial charge in [0.05, 0.1) is 11.3 Å². The quantitative estimate of drug-likeness (QED) is 0.663. The lowest BCUT2D eigenvalue weighted by atomic mass is 9.86. The van der Waals surface area contributed by atoms with Crippen LogP contribution in [0.3, 0.4) is 0 Å². The lowest BCUT2D eigenvalue weighted by Gasteiger charge is -2.29. The normalized spacial score (nSPS) is 18.3. The van der Waals surface area contributed by atoms with Crippen molar-refractivity contribution >= 4 is 23.4 Å². The highest BCUT2D eigenvalue weighted by Crippen LogP contribution is 2.23. The lowest BCUT2D eigenvalue weighted by Crippen LogP contribution is -2.46. The van der Waals surface area contributed by atoms with Gasteiger partial charge < -0.3 is 16.0 Å². The van der Waals surface area contributed by atoms with Gasteiger partial charge in [-0.3, -0.25) is 14.4 Å². The van der Waals surface area contributed by atoms with Crippen LogP contribution < -0.4 is 16.0 Å². The van der Waals surface area contributed by atoms with Crippen molar-refractivity contribution in [1.82, 2.24) is 10.6 Å². The summed E-state index contributed by atoms with van der Waals surface area (Å²) in [7, 11) is 0. The fourth-order valence-electron chi connectivity index (χ4n) is 3.81. The average molecular weight is 408 g/mol. The molecule has 6 nitrogen and oxygen atoms in total. The van der Waals surface area contributed by atoms with Crippen LogP contribution in [0.1, 0.15) is 54.1 Å². The van der Waals surface area contributed by atoms with Crippen LogP contribution in [0, 0.1) is 12.8 Å². The number of carbonyl (C=O) groups excluding carboxylic acids is 3. The first kappa shape index (κ1) is 21.6. The number of benzene rings is 2. The molecule has 3 rings (SSSR count). The van der Waals surface area contributed by atoms with Gasteiger partial charge in [-0.2, -0.15) is 0 Å².